The van der Waals surface area contributed by atoms with Gasteiger partial charge < -0.3 is 15.0 Å². The van der Waals surface area contributed by atoms with Crippen molar-refractivity contribution in [3.05, 3.63) is 59.9 Å². The zero-order valence-corrected chi connectivity index (χ0v) is 17.9. The lowest BCUT2D eigenvalue weighted by Gasteiger charge is -2.29. The third-order valence-electron chi connectivity index (χ3n) is 4.93. The number of carbonyl (C=O) groups excluding carboxylic acids is 1. The summed E-state index contributed by atoms with van der Waals surface area (Å²) in [6.07, 6.45) is 0.992. The van der Waals surface area contributed by atoms with Crippen LogP contribution < -0.4 is 14.5 Å². The Kier molecular flexibility index (Phi) is 6.94. The number of ether oxygens (including phenoxy) is 1. The van der Waals surface area contributed by atoms with Gasteiger partial charge in [-0.15, -0.1) is 0 Å². The molecule has 3 rings (SSSR count). The lowest BCUT2D eigenvalue weighted by molar-refractivity contribution is -0.122. The summed E-state index contributed by atoms with van der Waals surface area (Å²) < 4.78 is 44.4. The van der Waals surface area contributed by atoms with E-state index in [1.54, 1.807) is 0 Å². The average Bonchev–Trinajstić information content (AvgIpc) is 2.72. The summed E-state index contributed by atoms with van der Waals surface area (Å²) in [6.45, 7) is 4.83. The molecule has 1 atom stereocenters. The van der Waals surface area contributed by atoms with Gasteiger partial charge in [0, 0.05) is 25.3 Å². The Morgan fingerprint density at radius 1 is 1.20 bits per heavy atom. The molecule has 0 saturated carbocycles. The zero-order chi connectivity index (χ0) is 21.7. The van der Waals surface area contributed by atoms with E-state index < -0.39 is 27.8 Å². The van der Waals surface area contributed by atoms with Gasteiger partial charge in [-0.25, -0.2) is 12.8 Å². The third kappa shape index (κ3) is 5.48. The van der Waals surface area contributed by atoms with Gasteiger partial charge in [0.25, 0.3) is 0 Å². The molecular formula is C21H26FN3O4S. The molecule has 1 amide bonds. The highest BCUT2D eigenvalue weighted by Crippen LogP contribution is 2.22. The number of rotatable bonds is 7. The minimum Gasteiger partial charge on any atom is -0.378 e. The van der Waals surface area contributed by atoms with Crippen LogP contribution in [0.3, 0.4) is 0 Å². The standard InChI is InChI=1S/C21H26FN3O4S/c1-16(25(30(2,27)28)20-5-3-4-18(22)14-20)21(26)23-15-17-6-8-19(9-7-17)24-10-12-29-13-11-24/h3-9,14,16H,10-13,15H2,1-2H3,(H,23,26)/t16-/m0/s1. The van der Waals surface area contributed by atoms with Crippen molar-refractivity contribution in [3.8, 4) is 0 Å². The SMILES string of the molecule is C[C@@H](C(=O)NCc1ccc(N2CCOCC2)cc1)N(c1cccc(F)c1)S(C)(=O)=O. The first kappa shape index (κ1) is 22.0. The van der Waals surface area contributed by atoms with E-state index in [0.717, 1.165) is 41.0 Å². The molecule has 1 fully saturated rings. The van der Waals surface area contributed by atoms with Gasteiger partial charge in [-0.05, 0) is 42.8 Å². The first-order valence-electron chi connectivity index (χ1n) is 9.70. The number of anilines is 2. The lowest BCUT2D eigenvalue weighted by atomic mass is 10.1. The summed E-state index contributed by atoms with van der Waals surface area (Å²) in [5.74, 6) is -1.05. The Labute approximate surface area is 176 Å². The molecule has 0 aromatic heterocycles. The van der Waals surface area contributed by atoms with E-state index in [0.29, 0.717) is 13.2 Å². The summed E-state index contributed by atoms with van der Waals surface area (Å²) >= 11 is 0. The van der Waals surface area contributed by atoms with E-state index >= 15 is 0 Å². The van der Waals surface area contributed by atoms with Crippen LogP contribution in [0.1, 0.15) is 12.5 Å². The molecule has 2 aromatic carbocycles. The number of sulfonamides is 1. The van der Waals surface area contributed by atoms with Crippen LogP contribution in [0.5, 0.6) is 0 Å². The van der Waals surface area contributed by atoms with E-state index in [1.165, 1.54) is 25.1 Å². The maximum Gasteiger partial charge on any atom is 0.243 e. The second kappa shape index (κ2) is 9.44. The van der Waals surface area contributed by atoms with E-state index in [-0.39, 0.29) is 12.2 Å². The van der Waals surface area contributed by atoms with E-state index in [9.17, 15) is 17.6 Å². The number of benzene rings is 2. The molecule has 1 heterocycles. The average molecular weight is 436 g/mol. The van der Waals surface area contributed by atoms with Gasteiger partial charge in [0.15, 0.2) is 0 Å². The van der Waals surface area contributed by atoms with Gasteiger partial charge in [-0.2, -0.15) is 0 Å². The smallest absolute Gasteiger partial charge is 0.243 e. The number of halogens is 1. The second-order valence-electron chi connectivity index (χ2n) is 7.20. The van der Waals surface area contributed by atoms with Crippen molar-refractivity contribution < 1.29 is 22.3 Å². The summed E-state index contributed by atoms with van der Waals surface area (Å²) in [5.41, 5.74) is 2.09. The molecule has 1 saturated heterocycles. The van der Waals surface area contributed by atoms with Gasteiger partial charge in [-0.3, -0.25) is 9.10 Å². The topological polar surface area (TPSA) is 79.0 Å². The third-order valence-corrected chi connectivity index (χ3v) is 6.17. The molecule has 0 bridgehead atoms. The number of nitrogens with one attached hydrogen (secondary N) is 1. The number of hydrogen-bond donors (Lipinski definition) is 1. The van der Waals surface area contributed by atoms with Crippen LogP contribution in [0.4, 0.5) is 15.8 Å². The molecule has 7 nitrogen and oxygen atoms in total. The van der Waals surface area contributed by atoms with Crippen molar-refractivity contribution in [1.29, 1.82) is 0 Å². The van der Waals surface area contributed by atoms with Crippen LogP contribution in [0, 0.1) is 5.82 Å². The molecule has 1 aliphatic heterocycles. The maximum absolute atomic E-state index is 13.6. The van der Waals surface area contributed by atoms with Crippen LogP contribution in [0.2, 0.25) is 0 Å². The fourth-order valence-electron chi connectivity index (χ4n) is 3.41. The Hall–Kier alpha value is -2.65. The van der Waals surface area contributed by atoms with Crippen LogP contribution in [0.25, 0.3) is 0 Å². The van der Waals surface area contributed by atoms with Gasteiger partial charge >= 0.3 is 0 Å². The van der Waals surface area contributed by atoms with Crippen LogP contribution in [0.15, 0.2) is 48.5 Å². The Balaban J connectivity index is 1.65. The fraction of sp³-hybridized carbons (Fsp3) is 0.381. The minimum atomic E-state index is -3.79. The molecule has 162 valence electrons. The number of morpholine rings is 1. The van der Waals surface area contributed by atoms with Crippen LogP contribution in [-0.4, -0.2) is 52.9 Å². The largest absolute Gasteiger partial charge is 0.378 e. The summed E-state index contributed by atoms with van der Waals surface area (Å²) in [6, 6.07) is 12.0. The number of hydrogen-bond acceptors (Lipinski definition) is 5. The fourth-order valence-corrected chi connectivity index (χ4v) is 4.57. The van der Waals surface area contributed by atoms with Crippen molar-refractivity contribution in [2.45, 2.75) is 19.5 Å². The molecule has 30 heavy (non-hydrogen) atoms. The van der Waals surface area contributed by atoms with Crippen molar-refractivity contribution >= 4 is 27.3 Å². The normalized spacial score (nSPS) is 15.5. The van der Waals surface area contributed by atoms with Gasteiger partial charge in [0.05, 0.1) is 25.2 Å². The van der Waals surface area contributed by atoms with Gasteiger partial charge in [0.1, 0.15) is 11.9 Å². The zero-order valence-electron chi connectivity index (χ0n) is 17.0. The summed E-state index contributed by atoms with van der Waals surface area (Å²) in [4.78, 5) is 14.9. The molecule has 0 spiro atoms. The second-order valence-corrected chi connectivity index (χ2v) is 9.06. The molecule has 0 radical (unpaired) electrons. The summed E-state index contributed by atoms with van der Waals surface area (Å²) in [7, 11) is -3.79. The van der Waals surface area contributed by atoms with Gasteiger partial charge in [0.2, 0.25) is 15.9 Å². The molecular weight excluding hydrogens is 409 g/mol. The Morgan fingerprint density at radius 3 is 2.47 bits per heavy atom. The van der Waals surface area contributed by atoms with E-state index in [2.05, 4.69) is 10.2 Å². The first-order valence-corrected chi connectivity index (χ1v) is 11.5. The molecule has 1 aliphatic rings. The first-order chi connectivity index (χ1) is 14.3. The minimum absolute atomic E-state index is 0.106. The van der Waals surface area contributed by atoms with Crippen LogP contribution in [-0.2, 0) is 26.1 Å². The van der Waals surface area contributed by atoms with Crippen molar-refractivity contribution in [1.82, 2.24) is 5.32 Å². The van der Waals surface area contributed by atoms with Crippen molar-refractivity contribution in [3.63, 3.8) is 0 Å². The molecule has 2 aromatic rings. The van der Waals surface area contributed by atoms with E-state index in [4.69, 9.17) is 4.74 Å². The summed E-state index contributed by atoms with van der Waals surface area (Å²) in [5, 5.41) is 2.76. The van der Waals surface area contributed by atoms with Crippen molar-refractivity contribution in [2.24, 2.45) is 0 Å². The Bertz CT molecular complexity index is 976. The monoisotopic (exact) mass is 435 g/mol. The molecule has 1 N–H and O–H groups in total. The van der Waals surface area contributed by atoms with Gasteiger partial charge in [-0.1, -0.05) is 18.2 Å². The number of carbonyl (C=O) groups is 1. The molecule has 9 heteroatoms. The highest BCUT2D eigenvalue weighted by Gasteiger charge is 2.29. The van der Waals surface area contributed by atoms with E-state index in [1.807, 2.05) is 24.3 Å². The maximum atomic E-state index is 13.6. The quantitative estimate of drug-likeness (QED) is 0.721. The van der Waals surface area contributed by atoms with Crippen molar-refractivity contribution in [2.75, 3.05) is 41.8 Å². The number of amides is 1. The molecule has 0 aliphatic carbocycles. The Morgan fingerprint density at radius 2 is 1.87 bits per heavy atom. The van der Waals surface area contributed by atoms with Crippen LogP contribution >= 0.6 is 0 Å². The number of nitrogens with zero attached hydrogens (tertiary/aromatic N) is 2. The highest BCUT2D eigenvalue weighted by molar-refractivity contribution is 7.92. The predicted octanol–water partition coefficient (Wildman–Crippen LogP) is 2.13. The predicted molar refractivity (Wildman–Crippen MR) is 115 cm³/mol. The highest BCUT2D eigenvalue weighted by atomic mass is 32.2. The lowest BCUT2D eigenvalue weighted by Crippen LogP contribution is -2.47. The molecule has 0 unspecified atom stereocenters.